The van der Waals surface area contributed by atoms with Gasteiger partial charge in [0.05, 0.1) is 11.3 Å². The largest absolute Gasteiger partial charge is 0.360 e. The number of carbonyl (C=O) groups excluding carboxylic acids is 2. The number of nitrogens with one attached hydrogen (secondary N) is 1. The average molecular weight is 504 g/mol. The first kappa shape index (κ1) is 23.5. The number of pyridine rings is 1. The van der Waals surface area contributed by atoms with E-state index < -0.39 is 23.1 Å². The zero-order chi connectivity index (χ0) is 25.6. The molecule has 3 aromatic rings. The van der Waals surface area contributed by atoms with Crippen LogP contribution in [0.25, 0.3) is 4.85 Å². The number of aromatic nitrogens is 1. The molecule has 0 radical (unpaired) electrons. The van der Waals surface area contributed by atoms with Gasteiger partial charge in [-0.3, -0.25) is 14.5 Å². The lowest BCUT2D eigenvalue weighted by Crippen LogP contribution is -2.55. The molecule has 1 spiro atoms. The minimum atomic E-state index is -0.943. The lowest BCUT2D eigenvalue weighted by molar-refractivity contribution is -0.123. The van der Waals surface area contributed by atoms with Crippen LogP contribution in [0.15, 0.2) is 54.7 Å². The van der Waals surface area contributed by atoms with Crippen molar-refractivity contribution in [2.24, 2.45) is 0 Å². The summed E-state index contributed by atoms with van der Waals surface area (Å²) in [5.41, 5.74) is 0.425. The molecular formula is C26H19F2N5O2S. The second-order valence-electron chi connectivity index (χ2n) is 8.72. The second-order valence-corrected chi connectivity index (χ2v) is 9.08. The molecule has 7 nitrogen and oxygen atoms in total. The van der Waals surface area contributed by atoms with E-state index in [0.29, 0.717) is 29.8 Å². The van der Waals surface area contributed by atoms with Crippen molar-refractivity contribution in [3.05, 3.63) is 88.9 Å². The van der Waals surface area contributed by atoms with Crippen LogP contribution in [0.5, 0.6) is 0 Å². The van der Waals surface area contributed by atoms with Crippen molar-refractivity contribution in [2.75, 3.05) is 15.1 Å². The molecular weight excluding hydrogens is 484 g/mol. The summed E-state index contributed by atoms with van der Waals surface area (Å²) in [6.45, 7) is 8.93. The second kappa shape index (κ2) is 8.77. The van der Waals surface area contributed by atoms with Gasteiger partial charge in [-0.15, -0.1) is 4.98 Å². The molecule has 2 heterocycles. The lowest BCUT2D eigenvalue weighted by Gasteiger charge is -2.43. The van der Waals surface area contributed by atoms with Gasteiger partial charge in [0.15, 0.2) is 5.11 Å². The molecule has 1 saturated carbocycles. The quantitative estimate of drug-likeness (QED) is 0.374. The normalized spacial score (nSPS) is 16.2. The maximum atomic E-state index is 15.1. The van der Waals surface area contributed by atoms with E-state index in [2.05, 4.69) is 15.1 Å². The number of nitrogens with zero attached hydrogens (tertiary/aromatic N) is 4. The van der Waals surface area contributed by atoms with Crippen molar-refractivity contribution in [3.8, 4) is 0 Å². The molecule has 5 rings (SSSR count). The van der Waals surface area contributed by atoms with Gasteiger partial charge in [-0.1, -0.05) is 12.6 Å². The van der Waals surface area contributed by atoms with E-state index in [1.807, 2.05) is 0 Å². The van der Waals surface area contributed by atoms with E-state index >= 15 is 4.39 Å². The fraction of sp³-hybridized carbons (Fsp3) is 0.192. The smallest absolute Gasteiger partial charge is 0.272 e. The Kier molecular flexibility index (Phi) is 5.73. The standard InChI is InChI=1S/C26H19F2N5O2S/c1-15-11-19(14-30-22(15)29-2)32-24(35)26(9-4-10-26)33(25(32)36)18-7-8-20(21(28)13-18)23(34)31-17-6-3-5-16(27)12-17/h3,5-8,11-14H,4,9-10H2,1H3,(H,31,34). The van der Waals surface area contributed by atoms with E-state index in [-0.39, 0.29) is 28.1 Å². The molecule has 2 fully saturated rings. The van der Waals surface area contributed by atoms with Crippen molar-refractivity contribution >= 4 is 52.0 Å². The summed E-state index contributed by atoms with van der Waals surface area (Å²) in [5.74, 6) is -2.06. The third kappa shape index (κ3) is 3.69. The van der Waals surface area contributed by atoms with Crippen molar-refractivity contribution in [1.29, 1.82) is 0 Å². The van der Waals surface area contributed by atoms with Crippen LogP contribution in [0.1, 0.15) is 35.2 Å². The van der Waals surface area contributed by atoms with Crippen LogP contribution in [0.2, 0.25) is 0 Å². The van der Waals surface area contributed by atoms with Gasteiger partial charge in [0.2, 0.25) is 0 Å². The molecule has 180 valence electrons. The third-order valence-corrected chi connectivity index (χ3v) is 6.90. The summed E-state index contributed by atoms with van der Waals surface area (Å²) in [6, 6.07) is 11.0. The summed E-state index contributed by atoms with van der Waals surface area (Å²) in [7, 11) is 0. The van der Waals surface area contributed by atoms with E-state index in [4.69, 9.17) is 18.8 Å². The number of rotatable bonds is 4. The highest BCUT2D eigenvalue weighted by molar-refractivity contribution is 7.81. The molecule has 0 bridgehead atoms. The van der Waals surface area contributed by atoms with Gasteiger partial charge in [-0.2, -0.15) is 0 Å². The molecule has 2 amide bonds. The SMILES string of the molecule is [C-]#[N+]c1ncc(N2C(=O)C3(CCC3)N(c3ccc(C(=O)Nc4cccc(F)c4)c(F)c3)C2=S)cc1C. The Bertz CT molecular complexity index is 1480. The topological polar surface area (TPSA) is 69.9 Å². The van der Waals surface area contributed by atoms with Crippen LogP contribution in [0.3, 0.4) is 0 Å². The molecule has 1 saturated heterocycles. The summed E-state index contributed by atoms with van der Waals surface area (Å²) in [5, 5.41) is 2.65. The number of thiocarbonyl (C=S) groups is 1. The minimum Gasteiger partial charge on any atom is -0.360 e. The van der Waals surface area contributed by atoms with Crippen LogP contribution in [-0.4, -0.2) is 27.4 Å². The first-order valence-corrected chi connectivity index (χ1v) is 11.6. The Morgan fingerprint density at radius 1 is 1.17 bits per heavy atom. The Morgan fingerprint density at radius 2 is 1.94 bits per heavy atom. The van der Waals surface area contributed by atoms with Crippen LogP contribution >= 0.6 is 12.2 Å². The number of halogens is 2. The average Bonchev–Trinajstić information content (AvgIpc) is 3.05. The van der Waals surface area contributed by atoms with Gasteiger partial charge in [-0.25, -0.2) is 8.78 Å². The number of anilines is 3. The van der Waals surface area contributed by atoms with Crippen LogP contribution in [0, 0.1) is 25.1 Å². The van der Waals surface area contributed by atoms with Gasteiger partial charge in [0.1, 0.15) is 23.4 Å². The maximum Gasteiger partial charge on any atom is 0.272 e. The maximum absolute atomic E-state index is 15.1. The Morgan fingerprint density at radius 3 is 2.56 bits per heavy atom. The lowest BCUT2D eigenvalue weighted by atomic mass is 9.75. The highest BCUT2D eigenvalue weighted by Gasteiger charge is 2.59. The molecule has 1 aliphatic heterocycles. The Hall–Kier alpha value is -4.23. The predicted octanol–water partition coefficient (Wildman–Crippen LogP) is 5.53. The fourth-order valence-electron chi connectivity index (χ4n) is 4.59. The number of hydrogen-bond donors (Lipinski definition) is 1. The molecule has 1 aliphatic carbocycles. The first-order valence-electron chi connectivity index (χ1n) is 11.1. The Labute approximate surface area is 211 Å². The van der Waals surface area contributed by atoms with Gasteiger partial charge >= 0.3 is 0 Å². The molecule has 10 heteroatoms. The van der Waals surface area contributed by atoms with Crippen molar-refractivity contribution in [3.63, 3.8) is 0 Å². The number of hydrogen-bond acceptors (Lipinski definition) is 4. The summed E-state index contributed by atoms with van der Waals surface area (Å²) in [4.78, 5) is 36.7. The predicted molar refractivity (Wildman–Crippen MR) is 135 cm³/mol. The van der Waals surface area contributed by atoms with Crippen molar-refractivity contribution in [1.82, 2.24) is 4.98 Å². The van der Waals surface area contributed by atoms with Crippen LogP contribution < -0.4 is 15.1 Å². The van der Waals surface area contributed by atoms with Crippen molar-refractivity contribution in [2.45, 2.75) is 31.7 Å². The van der Waals surface area contributed by atoms with Gasteiger partial charge in [-0.05, 0) is 86.4 Å². The van der Waals surface area contributed by atoms with Crippen molar-refractivity contribution < 1.29 is 18.4 Å². The van der Waals surface area contributed by atoms with E-state index in [1.54, 1.807) is 17.9 Å². The third-order valence-electron chi connectivity index (χ3n) is 6.53. The van der Waals surface area contributed by atoms with E-state index in [0.717, 1.165) is 12.5 Å². The van der Waals surface area contributed by atoms with Gasteiger partial charge < -0.3 is 15.1 Å². The van der Waals surface area contributed by atoms with E-state index in [1.165, 1.54) is 47.5 Å². The monoisotopic (exact) mass is 503 g/mol. The fourth-order valence-corrected chi connectivity index (χ4v) is 5.06. The summed E-state index contributed by atoms with van der Waals surface area (Å²) >= 11 is 5.69. The Balaban J connectivity index is 1.47. The zero-order valence-corrected chi connectivity index (χ0v) is 19.9. The van der Waals surface area contributed by atoms with Gasteiger partial charge in [0.25, 0.3) is 17.6 Å². The first-order chi connectivity index (χ1) is 17.2. The number of benzene rings is 2. The number of carbonyl (C=O) groups is 2. The highest BCUT2D eigenvalue weighted by atomic mass is 32.1. The molecule has 0 unspecified atom stereocenters. The molecule has 2 aliphatic rings. The molecule has 0 atom stereocenters. The molecule has 2 aromatic carbocycles. The summed E-state index contributed by atoms with van der Waals surface area (Å²) < 4.78 is 28.6. The molecule has 1 N–H and O–H groups in total. The highest BCUT2D eigenvalue weighted by Crippen LogP contribution is 2.48. The number of amides is 2. The number of aryl methyl sites for hydroxylation is 1. The zero-order valence-electron chi connectivity index (χ0n) is 19.1. The van der Waals surface area contributed by atoms with E-state index in [9.17, 15) is 14.0 Å². The summed E-state index contributed by atoms with van der Waals surface area (Å²) in [6.07, 6.45) is 3.32. The minimum absolute atomic E-state index is 0.174. The van der Waals surface area contributed by atoms with Gasteiger partial charge in [0, 0.05) is 11.4 Å². The molecule has 36 heavy (non-hydrogen) atoms. The van der Waals surface area contributed by atoms with Crippen LogP contribution in [0.4, 0.5) is 31.7 Å². The molecule has 1 aromatic heterocycles. The van der Waals surface area contributed by atoms with Crippen LogP contribution in [-0.2, 0) is 4.79 Å².